The first kappa shape index (κ1) is 12.3. The smallest absolute Gasteiger partial charge is 0.311 e. The summed E-state index contributed by atoms with van der Waals surface area (Å²) in [6, 6.07) is -0.326. The number of carboxylic acids is 1. The number of nitrogens with one attached hydrogen (secondary N) is 1. The van der Waals surface area contributed by atoms with Crippen molar-refractivity contribution < 1.29 is 19.4 Å². The van der Waals surface area contributed by atoms with E-state index in [1.807, 2.05) is 0 Å². The maximum absolute atomic E-state index is 12.0. The van der Waals surface area contributed by atoms with Gasteiger partial charge in [0.05, 0.1) is 19.3 Å². The van der Waals surface area contributed by atoms with Crippen molar-refractivity contribution in [2.24, 2.45) is 11.8 Å². The lowest BCUT2D eigenvalue weighted by Gasteiger charge is -2.31. The Hall–Kier alpha value is -1.14. The average Bonchev–Trinajstić information content (AvgIpc) is 2.70. The third-order valence-corrected chi connectivity index (χ3v) is 3.59. The highest BCUT2D eigenvalue weighted by molar-refractivity contribution is 5.78. The standard InChI is InChI=1S/C11H18N2O4/c1-13(10(14)2-7-3-12-4-7)9-6-17-5-8(9)11(15)16/h7-9,12H,2-6H2,1H3,(H,15,16). The van der Waals surface area contributed by atoms with Crippen LogP contribution < -0.4 is 5.32 Å². The zero-order valence-corrected chi connectivity index (χ0v) is 9.89. The molecule has 0 aromatic carbocycles. The second-order valence-electron chi connectivity index (χ2n) is 4.78. The topological polar surface area (TPSA) is 78.9 Å². The molecule has 0 bridgehead atoms. The molecule has 2 fully saturated rings. The van der Waals surface area contributed by atoms with E-state index in [1.165, 1.54) is 0 Å². The van der Waals surface area contributed by atoms with Gasteiger partial charge in [-0.15, -0.1) is 0 Å². The summed E-state index contributed by atoms with van der Waals surface area (Å²) in [7, 11) is 1.67. The second kappa shape index (κ2) is 5.01. The van der Waals surface area contributed by atoms with Crippen molar-refractivity contribution in [3.8, 4) is 0 Å². The van der Waals surface area contributed by atoms with E-state index in [-0.39, 0.29) is 18.6 Å². The molecule has 2 aliphatic heterocycles. The predicted molar refractivity (Wildman–Crippen MR) is 59.5 cm³/mol. The van der Waals surface area contributed by atoms with Gasteiger partial charge in [-0.1, -0.05) is 0 Å². The zero-order chi connectivity index (χ0) is 12.4. The summed E-state index contributed by atoms with van der Waals surface area (Å²) in [6.45, 7) is 2.27. The molecule has 2 aliphatic rings. The molecule has 96 valence electrons. The van der Waals surface area contributed by atoms with Crippen LogP contribution in [0.3, 0.4) is 0 Å². The van der Waals surface area contributed by atoms with E-state index < -0.39 is 11.9 Å². The monoisotopic (exact) mass is 242 g/mol. The highest BCUT2D eigenvalue weighted by Crippen LogP contribution is 2.21. The molecule has 0 radical (unpaired) electrons. The van der Waals surface area contributed by atoms with Crippen LogP contribution in [0.15, 0.2) is 0 Å². The van der Waals surface area contributed by atoms with Gasteiger partial charge in [0, 0.05) is 13.5 Å². The van der Waals surface area contributed by atoms with E-state index in [0.717, 1.165) is 13.1 Å². The summed E-state index contributed by atoms with van der Waals surface area (Å²) < 4.78 is 5.16. The molecule has 2 saturated heterocycles. The molecular formula is C11H18N2O4. The number of carbonyl (C=O) groups excluding carboxylic acids is 1. The summed E-state index contributed by atoms with van der Waals surface area (Å²) in [6.07, 6.45) is 0.492. The molecule has 6 nitrogen and oxygen atoms in total. The minimum atomic E-state index is -0.891. The van der Waals surface area contributed by atoms with Crippen LogP contribution in [0.2, 0.25) is 0 Å². The van der Waals surface area contributed by atoms with Gasteiger partial charge in [0.15, 0.2) is 0 Å². The predicted octanol–water partition coefficient (Wildman–Crippen LogP) is -0.846. The Morgan fingerprint density at radius 2 is 2.12 bits per heavy atom. The lowest BCUT2D eigenvalue weighted by atomic mass is 9.97. The maximum atomic E-state index is 12.0. The first-order valence-electron chi connectivity index (χ1n) is 5.86. The summed E-state index contributed by atoms with van der Waals surface area (Å²) in [5, 5.41) is 12.1. The number of likely N-dealkylation sites (N-methyl/N-ethyl adjacent to an activating group) is 1. The number of hydrogen-bond donors (Lipinski definition) is 2. The molecule has 0 spiro atoms. The second-order valence-corrected chi connectivity index (χ2v) is 4.78. The van der Waals surface area contributed by atoms with Gasteiger partial charge in [-0.2, -0.15) is 0 Å². The fraction of sp³-hybridized carbons (Fsp3) is 0.818. The number of amides is 1. The van der Waals surface area contributed by atoms with Crippen LogP contribution in [-0.4, -0.2) is 61.3 Å². The van der Waals surface area contributed by atoms with E-state index in [1.54, 1.807) is 11.9 Å². The molecule has 6 heteroatoms. The number of aliphatic carboxylic acids is 1. The van der Waals surface area contributed by atoms with Crippen LogP contribution in [-0.2, 0) is 14.3 Å². The SMILES string of the molecule is CN(C(=O)CC1CNC1)C1COCC1C(=O)O. The molecule has 0 aliphatic carbocycles. The van der Waals surface area contributed by atoms with Gasteiger partial charge in [-0.3, -0.25) is 9.59 Å². The molecule has 2 heterocycles. The van der Waals surface area contributed by atoms with E-state index in [2.05, 4.69) is 5.32 Å². The Kier molecular flexibility index (Phi) is 3.63. The van der Waals surface area contributed by atoms with E-state index >= 15 is 0 Å². The third-order valence-electron chi connectivity index (χ3n) is 3.59. The Balaban J connectivity index is 1.90. The Bertz CT molecular complexity index is 317. The number of carbonyl (C=O) groups is 2. The van der Waals surface area contributed by atoms with Gasteiger partial charge >= 0.3 is 5.97 Å². The highest BCUT2D eigenvalue weighted by Gasteiger charge is 2.38. The minimum absolute atomic E-state index is 0.0123. The average molecular weight is 242 g/mol. The Labute approximate surface area is 99.9 Å². The first-order valence-corrected chi connectivity index (χ1v) is 5.86. The van der Waals surface area contributed by atoms with Crippen LogP contribution in [0.1, 0.15) is 6.42 Å². The van der Waals surface area contributed by atoms with Gasteiger partial charge in [0.25, 0.3) is 0 Å². The lowest BCUT2D eigenvalue weighted by molar-refractivity contribution is -0.144. The van der Waals surface area contributed by atoms with Crippen LogP contribution in [0.25, 0.3) is 0 Å². The molecule has 0 aromatic heterocycles. The van der Waals surface area contributed by atoms with Crippen molar-refractivity contribution in [3.63, 3.8) is 0 Å². The number of hydrogen-bond acceptors (Lipinski definition) is 4. The number of rotatable bonds is 4. The van der Waals surface area contributed by atoms with Crippen LogP contribution >= 0.6 is 0 Å². The fourth-order valence-electron chi connectivity index (χ4n) is 2.23. The first-order chi connectivity index (χ1) is 8.09. The molecular weight excluding hydrogens is 224 g/mol. The van der Waals surface area contributed by atoms with Crippen molar-refractivity contribution in [2.75, 3.05) is 33.4 Å². The van der Waals surface area contributed by atoms with Crippen LogP contribution in [0.5, 0.6) is 0 Å². The fourth-order valence-corrected chi connectivity index (χ4v) is 2.23. The Morgan fingerprint density at radius 3 is 2.65 bits per heavy atom. The largest absolute Gasteiger partial charge is 0.481 e. The quantitative estimate of drug-likeness (QED) is 0.671. The van der Waals surface area contributed by atoms with E-state index in [0.29, 0.717) is 18.9 Å². The van der Waals surface area contributed by atoms with Crippen LogP contribution in [0, 0.1) is 11.8 Å². The summed E-state index contributed by atoms with van der Waals surface area (Å²) in [4.78, 5) is 24.5. The van der Waals surface area contributed by atoms with Gasteiger partial charge in [0.1, 0.15) is 5.92 Å². The summed E-state index contributed by atoms with van der Waals surface area (Å²) in [5.41, 5.74) is 0. The van der Waals surface area contributed by atoms with Crippen molar-refractivity contribution in [1.29, 1.82) is 0 Å². The van der Waals surface area contributed by atoms with Crippen molar-refractivity contribution >= 4 is 11.9 Å². The van der Waals surface area contributed by atoms with Gasteiger partial charge in [-0.05, 0) is 19.0 Å². The molecule has 0 saturated carbocycles. The number of carboxylic acid groups (broad SMARTS) is 1. The summed E-state index contributed by atoms with van der Waals surface area (Å²) in [5.74, 6) is -1.07. The van der Waals surface area contributed by atoms with Crippen molar-refractivity contribution in [2.45, 2.75) is 12.5 Å². The van der Waals surface area contributed by atoms with Gasteiger partial charge in [0.2, 0.25) is 5.91 Å². The van der Waals surface area contributed by atoms with Crippen LogP contribution in [0.4, 0.5) is 0 Å². The molecule has 2 N–H and O–H groups in total. The number of nitrogens with zero attached hydrogens (tertiary/aromatic N) is 1. The molecule has 2 atom stereocenters. The maximum Gasteiger partial charge on any atom is 0.311 e. The van der Waals surface area contributed by atoms with Crippen molar-refractivity contribution in [3.05, 3.63) is 0 Å². The molecule has 2 unspecified atom stereocenters. The van der Waals surface area contributed by atoms with Gasteiger partial charge < -0.3 is 20.1 Å². The zero-order valence-electron chi connectivity index (χ0n) is 9.89. The third kappa shape index (κ3) is 2.58. The highest BCUT2D eigenvalue weighted by atomic mass is 16.5. The normalized spacial score (nSPS) is 28.8. The molecule has 17 heavy (non-hydrogen) atoms. The van der Waals surface area contributed by atoms with E-state index in [9.17, 15) is 9.59 Å². The molecule has 1 amide bonds. The minimum Gasteiger partial charge on any atom is -0.481 e. The number of ether oxygens (including phenoxy) is 1. The van der Waals surface area contributed by atoms with Crippen molar-refractivity contribution in [1.82, 2.24) is 10.2 Å². The molecule has 0 aromatic rings. The van der Waals surface area contributed by atoms with Gasteiger partial charge in [-0.25, -0.2) is 0 Å². The Morgan fingerprint density at radius 1 is 1.41 bits per heavy atom. The summed E-state index contributed by atoms with van der Waals surface area (Å²) >= 11 is 0. The lowest BCUT2D eigenvalue weighted by Crippen LogP contribution is -2.48. The molecule has 2 rings (SSSR count). The van der Waals surface area contributed by atoms with E-state index in [4.69, 9.17) is 9.84 Å².